The Morgan fingerprint density at radius 1 is 1.09 bits per heavy atom. The van der Waals surface area contributed by atoms with Crippen LogP contribution in [0.5, 0.6) is 5.75 Å². The van der Waals surface area contributed by atoms with Crippen molar-refractivity contribution in [2.45, 2.75) is 13.2 Å². The van der Waals surface area contributed by atoms with Gasteiger partial charge in [0.25, 0.3) is 11.6 Å². The maximum Gasteiger partial charge on any atom is 0.292 e. The second-order valence-corrected chi connectivity index (χ2v) is 6.78. The van der Waals surface area contributed by atoms with Crippen LogP contribution in [0.1, 0.15) is 21.9 Å². The summed E-state index contributed by atoms with van der Waals surface area (Å²) in [5.41, 5.74) is 0.838. The van der Waals surface area contributed by atoms with Crippen molar-refractivity contribution >= 4 is 17.4 Å². The quantitative estimate of drug-likeness (QED) is 0.324. The van der Waals surface area contributed by atoms with E-state index in [1.54, 1.807) is 35.1 Å². The maximum atomic E-state index is 13.0. The molecule has 0 unspecified atom stereocenters. The number of amides is 1. The largest absolute Gasteiger partial charge is 0.486 e. The van der Waals surface area contributed by atoms with Gasteiger partial charge in [-0.3, -0.25) is 19.6 Å². The SMILES string of the molecule is O=C(Nc1ccn(Cc2ccc(F)cc2)n1)c1ccc(COc2ccc([N+](=O)[O-])cc2)o1. The van der Waals surface area contributed by atoms with Crippen LogP contribution in [0.15, 0.2) is 77.3 Å². The number of carbonyl (C=O) groups is 1. The molecular formula is C22H17FN4O5. The van der Waals surface area contributed by atoms with Gasteiger partial charge in [-0.2, -0.15) is 5.10 Å². The van der Waals surface area contributed by atoms with Gasteiger partial charge in [-0.1, -0.05) is 12.1 Å². The van der Waals surface area contributed by atoms with Gasteiger partial charge in [0.05, 0.1) is 11.5 Å². The van der Waals surface area contributed by atoms with Crippen molar-refractivity contribution in [3.63, 3.8) is 0 Å². The van der Waals surface area contributed by atoms with Crippen LogP contribution in [-0.2, 0) is 13.2 Å². The highest BCUT2D eigenvalue weighted by Gasteiger charge is 2.14. The van der Waals surface area contributed by atoms with Crippen LogP contribution < -0.4 is 10.1 Å². The van der Waals surface area contributed by atoms with Gasteiger partial charge in [-0.25, -0.2) is 4.39 Å². The molecule has 0 aliphatic heterocycles. The van der Waals surface area contributed by atoms with E-state index in [2.05, 4.69) is 10.4 Å². The number of rotatable bonds is 8. The average molecular weight is 436 g/mol. The van der Waals surface area contributed by atoms with Crippen LogP contribution in [0, 0.1) is 15.9 Å². The second-order valence-electron chi connectivity index (χ2n) is 6.78. The van der Waals surface area contributed by atoms with Crippen molar-refractivity contribution in [1.29, 1.82) is 0 Å². The fraction of sp³-hybridized carbons (Fsp3) is 0.0909. The van der Waals surface area contributed by atoms with Crippen molar-refractivity contribution in [3.8, 4) is 5.75 Å². The summed E-state index contributed by atoms with van der Waals surface area (Å²) in [6, 6.07) is 16.5. The first kappa shape index (κ1) is 20.8. The zero-order valence-electron chi connectivity index (χ0n) is 16.6. The van der Waals surface area contributed by atoms with Gasteiger partial charge in [0.2, 0.25) is 0 Å². The molecule has 10 heteroatoms. The number of nitrogens with zero attached hydrogens (tertiary/aromatic N) is 3. The van der Waals surface area contributed by atoms with Crippen LogP contribution >= 0.6 is 0 Å². The normalized spacial score (nSPS) is 10.7. The maximum absolute atomic E-state index is 13.0. The van der Waals surface area contributed by atoms with Crippen molar-refractivity contribution in [2.24, 2.45) is 0 Å². The molecule has 32 heavy (non-hydrogen) atoms. The minimum atomic E-state index is -0.493. The monoisotopic (exact) mass is 436 g/mol. The molecule has 9 nitrogen and oxygen atoms in total. The lowest BCUT2D eigenvalue weighted by molar-refractivity contribution is -0.384. The number of aromatic nitrogens is 2. The third-order valence-electron chi connectivity index (χ3n) is 4.45. The highest BCUT2D eigenvalue weighted by Crippen LogP contribution is 2.19. The Labute approximate surface area is 181 Å². The first-order valence-corrected chi connectivity index (χ1v) is 9.51. The molecule has 162 valence electrons. The lowest BCUT2D eigenvalue weighted by atomic mass is 10.2. The van der Waals surface area contributed by atoms with E-state index < -0.39 is 10.8 Å². The number of hydrogen-bond donors (Lipinski definition) is 1. The minimum absolute atomic E-state index is 0.0330. The molecule has 4 rings (SSSR count). The number of hydrogen-bond acceptors (Lipinski definition) is 6. The van der Waals surface area contributed by atoms with E-state index in [4.69, 9.17) is 9.15 Å². The van der Waals surface area contributed by atoms with Gasteiger partial charge in [0, 0.05) is 24.4 Å². The molecule has 1 amide bonds. The molecular weight excluding hydrogens is 419 g/mol. The summed E-state index contributed by atoms with van der Waals surface area (Å²) in [4.78, 5) is 22.6. The van der Waals surface area contributed by atoms with E-state index in [-0.39, 0.29) is 23.9 Å². The predicted octanol–water partition coefficient (Wildman–Crippen LogP) is 4.40. The smallest absolute Gasteiger partial charge is 0.292 e. The Hall–Kier alpha value is -4.47. The van der Waals surface area contributed by atoms with Crippen LogP contribution in [0.25, 0.3) is 0 Å². The Bertz CT molecular complexity index is 1230. The topological polar surface area (TPSA) is 112 Å². The van der Waals surface area contributed by atoms with Crippen molar-refractivity contribution in [1.82, 2.24) is 9.78 Å². The van der Waals surface area contributed by atoms with Gasteiger partial charge in [-0.15, -0.1) is 0 Å². The van der Waals surface area contributed by atoms with Crippen LogP contribution in [0.2, 0.25) is 0 Å². The van der Waals surface area contributed by atoms with Crippen molar-refractivity contribution in [3.05, 3.63) is 106 Å². The fourth-order valence-corrected chi connectivity index (χ4v) is 2.87. The van der Waals surface area contributed by atoms with E-state index in [0.717, 1.165) is 5.56 Å². The van der Waals surface area contributed by atoms with Gasteiger partial charge in [0.1, 0.15) is 23.9 Å². The molecule has 2 aromatic heterocycles. The number of nitro groups is 1. The van der Waals surface area contributed by atoms with Gasteiger partial charge in [0.15, 0.2) is 11.6 Å². The van der Waals surface area contributed by atoms with Crippen molar-refractivity contribution in [2.75, 3.05) is 5.32 Å². The Morgan fingerprint density at radius 3 is 2.56 bits per heavy atom. The summed E-state index contributed by atoms with van der Waals surface area (Å²) in [7, 11) is 0. The Kier molecular flexibility index (Phi) is 5.93. The van der Waals surface area contributed by atoms with E-state index in [9.17, 15) is 19.3 Å². The molecule has 4 aromatic rings. The molecule has 0 fully saturated rings. The number of anilines is 1. The number of nitrogens with one attached hydrogen (secondary N) is 1. The summed E-state index contributed by atoms with van der Waals surface area (Å²) in [6.07, 6.45) is 1.70. The van der Waals surface area contributed by atoms with Crippen LogP contribution in [0.3, 0.4) is 0 Å². The number of halogens is 1. The second kappa shape index (κ2) is 9.13. The molecule has 0 aliphatic rings. The molecule has 0 atom stereocenters. The molecule has 0 bridgehead atoms. The van der Waals surface area contributed by atoms with Gasteiger partial charge >= 0.3 is 0 Å². The Morgan fingerprint density at radius 2 is 1.84 bits per heavy atom. The summed E-state index contributed by atoms with van der Waals surface area (Å²) >= 11 is 0. The summed E-state index contributed by atoms with van der Waals surface area (Å²) in [5, 5.41) is 17.6. The number of non-ortho nitro benzene ring substituents is 1. The summed E-state index contributed by atoms with van der Waals surface area (Å²) in [6.45, 7) is 0.485. The third kappa shape index (κ3) is 5.17. The molecule has 0 radical (unpaired) electrons. The number of benzene rings is 2. The van der Waals surface area contributed by atoms with Crippen LogP contribution in [-0.4, -0.2) is 20.6 Å². The molecule has 2 aromatic carbocycles. The Balaban J connectivity index is 1.31. The minimum Gasteiger partial charge on any atom is -0.486 e. The molecule has 0 saturated carbocycles. The molecule has 0 spiro atoms. The zero-order valence-corrected chi connectivity index (χ0v) is 16.6. The number of carbonyl (C=O) groups excluding carboxylic acids is 1. The predicted molar refractivity (Wildman–Crippen MR) is 112 cm³/mol. The van der Waals surface area contributed by atoms with E-state index in [0.29, 0.717) is 23.9 Å². The molecule has 2 heterocycles. The lowest BCUT2D eigenvalue weighted by Crippen LogP contribution is -2.12. The highest BCUT2D eigenvalue weighted by atomic mass is 19.1. The van der Waals surface area contributed by atoms with Gasteiger partial charge in [-0.05, 0) is 42.0 Å². The van der Waals surface area contributed by atoms with E-state index in [1.807, 2.05) is 0 Å². The van der Waals surface area contributed by atoms with E-state index >= 15 is 0 Å². The number of furan rings is 1. The number of ether oxygens (including phenoxy) is 1. The lowest BCUT2D eigenvalue weighted by Gasteiger charge is -2.04. The van der Waals surface area contributed by atoms with Crippen molar-refractivity contribution < 1.29 is 23.3 Å². The van der Waals surface area contributed by atoms with Gasteiger partial charge < -0.3 is 14.5 Å². The summed E-state index contributed by atoms with van der Waals surface area (Å²) < 4.78 is 25.6. The third-order valence-corrected chi connectivity index (χ3v) is 4.45. The summed E-state index contributed by atoms with van der Waals surface area (Å²) in [5.74, 6) is 0.495. The average Bonchev–Trinajstić information content (AvgIpc) is 3.44. The highest BCUT2D eigenvalue weighted by molar-refractivity contribution is 6.01. The number of nitro benzene ring substituents is 1. The molecule has 0 saturated heterocycles. The van der Waals surface area contributed by atoms with E-state index in [1.165, 1.54) is 42.5 Å². The molecule has 0 aliphatic carbocycles. The first-order valence-electron chi connectivity index (χ1n) is 9.51. The molecule has 1 N–H and O–H groups in total. The fourth-order valence-electron chi connectivity index (χ4n) is 2.87. The first-order chi connectivity index (χ1) is 15.5. The zero-order chi connectivity index (χ0) is 22.5. The van der Waals surface area contributed by atoms with Crippen LogP contribution in [0.4, 0.5) is 15.9 Å². The standard InChI is InChI=1S/C22H17FN4O5/c23-16-3-1-15(2-4-16)13-26-12-11-21(25-26)24-22(28)20-10-9-19(32-20)14-31-18-7-5-17(6-8-18)27(29)30/h1-12H,13-14H2,(H,24,25,28).